The van der Waals surface area contributed by atoms with Gasteiger partial charge >= 0.3 is 0 Å². The highest BCUT2D eigenvalue weighted by Crippen LogP contribution is 2.01. The maximum Gasteiger partial charge on any atom is 0.146 e. The number of hydrogen-bond donors (Lipinski definition) is 0. The summed E-state index contributed by atoms with van der Waals surface area (Å²) < 4.78 is 0. The summed E-state index contributed by atoms with van der Waals surface area (Å²) in [5.74, 6) is 0. The first-order valence-electron chi connectivity index (χ1n) is 3.51. The highest BCUT2D eigenvalue weighted by molar-refractivity contribution is 5.74. The quantitative estimate of drug-likeness (QED) is 0.332. The van der Waals surface area contributed by atoms with Crippen LogP contribution in [0, 0.1) is 0 Å². The number of aldehydes is 1. The van der Waals surface area contributed by atoms with Crippen molar-refractivity contribution in [1.82, 2.24) is 0 Å². The summed E-state index contributed by atoms with van der Waals surface area (Å²) in [6.07, 6.45) is 5.92. The van der Waals surface area contributed by atoms with E-state index in [0.29, 0.717) is 0 Å². The minimum Gasteiger partial charge on any atom is -0.298 e. The lowest BCUT2D eigenvalue weighted by molar-refractivity contribution is -0.104. The maximum absolute atomic E-state index is 10.2. The molecule has 10 heavy (non-hydrogen) atoms. The van der Waals surface area contributed by atoms with Gasteiger partial charge in [-0.15, -0.1) is 0 Å². The fourth-order valence-corrected chi connectivity index (χ4v) is 0.519. The van der Waals surface area contributed by atoms with Crippen LogP contribution < -0.4 is 0 Å². The lowest BCUT2D eigenvalue weighted by Crippen LogP contribution is -1.80. The Labute approximate surface area is 62.4 Å². The molecule has 0 saturated carbocycles. The largest absolute Gasteiger partial charge is 0.298 e. The summed E-state index contributed by atoms with van der Waals surface area (Å²) in [5, 5.41) is 0. The molecule has 0 N–H and O–H groups in total. The van der Waals surface area contributed by atoms with Crippen molar-refractivity contribution in [2.45, 2.75) is 27.2 Å². The smallest absolute Gasteiger partial charge is 0.146 e. The van der Waals surface area contributed by atoms with Crippen molar-refractivity contribution in [2.75, 3.05) is 0 Å². The van der Waals surface area contributed by atoms with Crippen molar-refractivity contribution in [1.29, 1.82) is 0 Å². The molecule has 0 fully saturated rings. The number of carbonyl (C=O) groups excluding carboxylic acids is 1. The summed E-state index contributed by atoms with van der Waals surface area (Å²) in [6.45, 7) is 5.83. The highest BCUT2D eigenvalue weighted by Gasteiger charge is 1.87. The number of carbonyl (C=O) groups is 1. The van der Waals surface area contributed by atoms with Gasteiger partial charge in [-0.1, -0.05) is 19.1 Å². The van der Waals surface area contributed by atoms with Crippen LogP contribution in [-0.4, -0.2) is 6.29 Å². The van der Waals surface area contributed by atoms with Gasteiger partial charge in [-0.25, -0.2) is 0 Å². The molecule has 0 aliphatic rings. The molecule has 1 nitrogen and oxygen atoms in total. The number of hydrogen-bond acceptors (Lipinski definition) is 1. The van der Waals surface area contributed by atoms with Crippen LogP contribution in [0.2, 0.25) is 0 Å². The molecule has 0 bridgehead atoms. The fraction of sp³-hybridized carbons (Fsp3) is 0.444. The molecule has 0 aromatic carbocycles. The molecule has 0 atom stereocenters. The Kier molecular flexibility index (Phi) is 4.55. The third kappa shape index (κ3) is 3.23. The van der Waals surface area contributed by atoms with Crippen molar-refractivity contribution < 1.29 is 4.79 Å². The van der Waals surface area contributed by atoms with E-state index < -0.39 is 0 Å². The Morgan fingerprint density at radius 3 is 2.30 bits per heavy atom. The van der Waals surface area contributed by atoms with E-state index >= 15 is 0 Å². The predicted molar refractivity (Wildman–Crippen MR) is 43.9 cm³/mol. The summed E-state index contributed by atoms with van der Waals surface area (Å²) in [5.41, 5.74) is 1.86. The third-order valence-corrected chi connectivity index (χ3v) is 1.40. The summed E-state index contributed by atoms with van der Waals surface area (Å²) in [6, 6.07) is 0. The van der Waals surface area contributed by atoms with Gasteiger partial charge in [0.1, 0.15) is 6.29 Å². The molecule has 0 rings (SSSR count). The zero-order valence-electron chi connectivity index (χ0n) is 6.85. The number of allylic oxidation sites excluding steroid dienone is 4. The Morgan fingerprint density at radius 1 is 1.30 bits per heavy atom. The topological polar surface area (TPSA) is 17.1 Å². The van der Waals surface area contributed by atoms with Crippen LogP contribution in [0.5, 0.6) is 0 Å². The average molecular weight is 138 g/mol. The second kappa shape index (κ2) is 4.98. The number of rotatable bonds is 3. The van der Waals surface area contributed by atoms with Crippen LogP contribution in [0.15, 0.2) is 23.3 Å². The van der Waals surface area contributed by atoms with Gasteiger partial charge in [-0.05, 0) is 31.4 Å². The molecule has 0 aliphatic heterocycles. The first kappa shape index (κ1) is 9.15. The molecule has 0 unspecified atom stereocenters. The predicted octanol–water partition coefficient (Wildman–Crippen LogP) is 2.49. The van der Waals surface area contributed by atoms with Gasteiger partial charge in [0.2, 0.25) is 0 Å². The molecule has 0 radical (unpaired) electrons. The monoisotopic (exact) mass is 138 g/mol. The minimum absolute atomic E-state index is 0.810. The van der Waals surface area contributed by atoms with Gasteiger partial charge in [-0.2, -0.15) is 0 Å². The average Bonchev–Trinajstić information content (AvgIpc) is 1.98. The van der Waals surface area contributed by atoms with Gasteiger partial charge in [0.05, 0.1) is 0 Å². The van der Waals surface area contributed by atoms with Crippen molar-refractivity contribution >= 4 is 6.29 Å². The summed E-state index contributed by atoms with van der Waals surface area (Å²) in [7, 11) is 0. The van der Waals surface area contributed by atoms with E-state index in [1.54, 1.807) is 0 Å². The normalized spacial score (nSPS) is 13.5. The van der Waals surface area contributed by atoms with Crippen molar-refractivity contribution in [2.24, 2.45) is 0 Å². The van der Waals surface area contributed by atoms with Crippen LogP contribution in [-0.2, 0) is 4.79 Å². The zero-order valence-corrected chi connectivity index (χ0v) is 6.85. The van der Waals surface area contributed by atoms with Crippen LogP contribution in [0.1, 0.15) is 27.2 Å². The molecular weight excluding hydrogens is 124 g/mol. The van der Waals surface area contributed by atoms with Gasteiger partial charge in [0.15, 0.2) is 0 Å². The first-order valence-corrected chi connectivity index (χ1v) is 3.51. The standard InChI is InChI=1S/C9H14O/c1-4-5-6-8(2)9(3)7-10/h5-7H,4H2,1-3H3. The lowest BCUT2D eigenvalue weighted by atomic mass is 10.1. The van der Waals surface area contributed by atoms with Gasteiger partial charge in [-0.3, -0.25) is 4.79 Å². The van der Waals surface area contributed by atoms with Crippen LogP contribution in [0.4, 0.5) is 0 Å². The molecule has 56 valence electrons. The van der Waals surface area contributed by atoms with Crippen LogP contribution >= 0.6 is 0 Å². The lowest BCUT2D eigenvalue weighted by Gasteiger charge is -1.92. The summed E-state index contributed by atoms with van der Waals surface area (Å²) >= 11 is 0. The minimum atomic E-state index is 0.810. The van der Waals surface area contributed by atoms with Crippen LogP contribution in [0.25, 0.3) is 0 Å². The Bertz CT molecular complexity index is 164. The van der Waals surface area contributed by atoms with E-state index in [4.69, 9.17) is 0 Å². The molecule has 0 saturated heterocycles. The molecule has 0 aliphatic carbocycles. The molecular formula is C9H14O. The Balaban J connectivity index is 4.17. The molecule has 0 heterocycles. The van der Waals surface area contributed by atoms with Gasteiger partial charge < -0.3 is 0 Å². The van der Waals surface area contributed by atoms with Gasteiger partial charge in [0, 0.05) is 0 Å². The van der Waals surface area contributed by atoms with Crippen molar-refractivity contribution in [3.05, 3.63) is 23.3 Å². The molecule has 1 heteroatoms. The second-order valence-electron chi connectivity index (χ2n) is 2.29. The molecule has 0 aromatic rings. The van der Waals surface area contributed by atoms with E-state index in [2.05, 4.69) is 6.92 Å². The zero-order chi connectivity index (χ0) is 7.98. The van der Waals surface area contributed by atoms with Crippen LogP contribution in [0.3, 0.4) is 0 Å². The first-order chi connectivity index (χ1) is 4.72. The molecule has 0 aromatic heterocycles. The van der Waals surface area contributed by atoms with Crippen molar-refractivity contribution in [3.63, 3.8) is 0 Å². The maximum atomic E-state index is 10.2. The van der Waals surface area contributed by atoms with E-state index in [9.17, 15) is 4.79 Å². The fourth-order valence-electron chi connectivity index (χ4n) is 0.519. The SMILES string of the molecule is CCC=CC(C)=C(C)C=O. The highest BCUT2D eigenvalue weighted by atomic mass is 16.1. The third-order valence-electron chi connectivity index (χ3n) is 1.40. The Morgan fingerprint density at radius 2 is 1.90 bits per heavy atom. The molecule has 0 spiro atoms. The van der Waals surface area contributed by atoms with Crippen molar-refractivity contribution in [3.8, 4) is 0 Å². The van der Waals surface area contributed by atoms with E-state index in [-0.39, 0.29) is 0 Å². The van der Waals surface area contributed by atoms with E-state index in [1.807, 2.05) is 26.0 Å². The second-order valence-corrected chi connectivity index (χ2v) is 2.29. The Hall–Kier alpha value is -0.850. The summed E-state index contributed by atoms with van der Waals surface area (Å²) in [4.78, 5) is 10.2. The molecule has 0 amide bonds. The van der Waals surface area contributed by atoms with E-state index in [0.717, 1.165) is 23.9 Å². The van der Waals surface area contributed by atoms with Gasteiger partial charge in [0.25, 0.3) is 0 Å². The van der Waals surface area contributed by atoms with E-state index in [1.165, 1.54) is 0 Å².